The summed E-state index contributed by atoms with van der Waals surface area (Å²) in [5, 5.41) is 3.28. The van der Waals surface area contributed by atoms with E-state index in [0.717, 1.165) is 28.8 Å². The number of amides is 2. The molecule has 0 saturated heterocycles. The molecule has 0 fully saturated rings. The molecule has 0 aromatic heterocycles. The Morgan fingerprint density at radius 2 is 1.83 bits per heavy atom. The molecule has 0 unspecified atom stereocenters. The van der Waals surface area contributed by atoms with Crippen LogP contribution in [0.25, 0.3) is 11.1 Å². The third-order valence-corrected chi connectivity index (χ3v) is 5.33. The summed E-state index contributed by atoms with van der Waals surface area (Å²) in [4.78, 5) is 25.7. The summed E-state index contributed by atoms with van der Waals surface area (Å²) in [6.45, 7) is 2.07. The number of nitrogens with zero attached hydrogens (tertiary/aromatic N) is 1. The normalized spacial score (nSPS) is 12.4. The summed E-state index contributed by atoms with van der Waals surface area (Å²) < 4.78 is 5.61. The summed E-state index contributed by atoms with van der Waals surface area (Å²) in [7, 11) is 0. The molecule has 4 rings (SSSR count). The van der Waals surface area contributed by atoms with Crippen LogP contribution >= 0.6 is 11.6 Å². The van der Waals surface area contributed by atoms with Crippen molar-refractivity contribution in [1.82, 2.24) is 0 Å². The molecule has 0 bridgehead atoms. The number of carbonyl (C=O) groups is 2. The van der Waals surface area contributed by atoms with Gasteiger partial charge in [-0.25, -0.2) is 0 Å². The Labute approximate surface area is 180 Å². The average Bonchev–Trinajstić information content (AvgIpc) is 3.17. The highest BCUT2D eigenvalue weighted by Gasteiger charge is 2.22. The third-order valence-electron chi connectivity index (χ3n) is 5.04. The zero-order chi connectivity index (χ0) is 21.1. The van der Waals surface area contributed by atoms with Crippen LogP contribution in [0.3, 0.4) is 0 Å². The number of rotatable bonds is 5. The van der Waals surface area contributed by atoms with Crippen molar-refractivity contribution >= 4 is 34.8 Å². The molecule has 5 nitrogen and oxygen atoms in total. The number of benzene rings is 3. The molecule has 0 aliphatic carbocycles. The minimum atomic E-state index is -0.278. The summed E-state index contributed by atoms with van der Waals surface area (Å²) >= 11 is 6.34. The van der Waals surface area contributed by atoms with Crippen LogP contribution in [0.5, 0.6) is 5.75 Å². The summed E-state index contributed by atoms with van der Waals surface area (Å²) in [6.07, 6.45) is 0.776. The lowest BCUT2D eigenvalue weighted by Gasteiger charge is -2.15. The molecule has 1 aliphatic rings. The summed E-state index contributed by atoms with van der Waals surface area (Å²) in [5.74, 6) is 0.200. The maximum Gasteiger partial charge on any atom is 0.262 e. The Morgan fingerprint density at radius 3 is 2.57 bits per heavy atom. The van der Waals surface area contributed by atoms with Gasteiger partial charge < -0.3 is 15.0 Å². The molecule has 1 heterocycles. The van der Waals surface area contributed by atoms with Crippen LogP contribution in [-0.4, -0.2) is 25.0 Å². The summed E-state index contributed by atoms with van der Waals surface area (Å²) in [5.41, 5.74) is 4.67. The smallest absolute Gasteiger partial charge is 0.262 e. The van der Waals surface area contributed by atoms with Crippen molar-refractivity contribution in [2.75, 3.05) is 23.4 Å². The molecule has 3 aromatic carbocycles. The molecule has 0 saturated carbocycles. The molecule has 1 aliphatic heterocycles. The molecule has 0 spiro atoms. The predicted octanol–water partition coefficient (Wildman–Crippen LogP) is 4.93. The van der Waals surface area contributed by atoms with Gasteiger partial charge in [-0.15, -0.1) is 0 Å². The molecular formula is C24H21ClN2O3. The third kappa shape index (κ3) is 4.31. The highest BCUT2D eigenvalue weighted by atomic mass is 35.5. The highest BCUT2D eigenvalue weighted by molar-refractivity contribution is 6.32. The molecule has 2 amide bonds. The fourth-order valence-electron chi connectivity index (χ4n) is 3.58. The number of nitrogens with one attached hydrogen (secondary N) is 1. The van der Waals surface area contributed by atoms with Gasteiger partial charge in [0.05, 0.1) is 5.02 Å². The van der Waals surface area contributed by atoms with Crippen LogP contribution < -0.4 is 15.0 Å². The van der Waals surface area contributed by atoms with E-state index in [-0.39, 0.29) is 18.4 Å². The lowest BCUT2D eigenvalue weighted by molar-refractivity contribution is -0.118. The van der Waals surface area contributed by atoms with E-state index in [4.69, 9.17) is 16.3 Å². The maximum atomic E-state index is 12.3. The van der Waals surface area contributed by atoms with E-state index in [1.165, 1.54) is 0 Å². The van der Waals surface area contributed by atoms with Crippen molar-refractivity contribution in [3.8, 4) is 16.9 Å². The van der Waals surface area contributed by atoms with E-state index in [1.54, 1.807) is 24.0 Å². The minimum Gasteiger partial charge on any atom is -0.482 e. The fourth-order valence-corrected chi connectivity index (χ4v) is 3.81. The zero-order valence-corrected chi connectivity index (χ0v) is 17.3. The van der Waals surface area contributed by atoms with Gasteiger partial charge in [0.15, 0.2) is 6.61 Å². The van der Waals surface area contributed by atoms with Gasteiger partial charge in [0.1, 0.15) is 5.75 Å². The van der Waals surface area contributed by atoms with E-state index in [1.807, 2.05) is 54.6 Å². The second kappa shape index (κ2) is 8.59. The van der Waals surface area contributed by atoms with Crippen LogP contribution in [0.4, 0.5) is 11.4 Å². The van der Waals surface area contributed by atoms with Crippen molar-refractivity contribution in [2.45, 2.75) is 13.3 Å². The molecule has 30 heavy (non-hydrogen) atoms. The number of ether oxygens (including phenoxy) is 1. The SMILES string of the molecule is CC(=O)N1CCc2cc(NC(=O)COc3ccc(-c4ccccc4)cc3Cl)ccc21. The predicted molar refractivity (Wildman–Crippen MR) is 119 cm³/mol. The fraction of sp³-hybridized carbons (Fsp3) is 0.167. The molecule has 0 atom stereocenters. The highest BCUT2D eigenvalue weighted by Crippen LogP contribution is 2.31. The standard InChI is InChI=1S/C24H21ClN2O3/c1-16(28)27-12-11-19-13-20(8-9-22(19)27)26-24(29)15-30-23-10-7-18(14-21(23)25)17-5-3-2-4-6-17/h2-10,13-14H,11-12,15H2,1H3,(H,26,29). The van der Waals surface area contributed by atoms with Crippen LogP contribution in [0.2, 0.25) is 5.02 Å². The van der Waals surface area contributed by atoms with Crippen molar-refractivity contribution in [2.24, 2.45) is 0 Å². The Balaban J connectivity index is 1.37. The lowest BCUT2D eigenvalue weighted by atomic mass is 10.1. The van der Waals surface area contributed by atoms with Crippen LogP contribution in [0.1, 0.15) is 12.5 Å². The van der Waals surface area contributed by atoms with Gasteiger partial charge in [-0.3, -0.25) is 9.59 Å². The molecular weight excluding hydrogens is 400 g/mol. The number of fused-ring (bicyclic) bond motifs is 1. The van der Waals surface area contributed by atoms with Gasteiger partial charge in [-0.05, 0) is 53.4 Å². The topological polar surface area (TPSA) is 58.6 Å². The molecule has 6 heteroatoms. The number of hydrogen-bond donors (Lipinski definition) is 1. The summed E-state index contributed by atoms with van der Waals surface area (Å²) in [6, 6.07) is 21.0. The van der Waals surface area contributed by atoms with E-state index in [2.05, 4.69) is 5.32 Å². The van der Waals surface area contributed by atoms with Gasteiger partial charge in [-0.1, -0.05) is 48.0 Å². The van der Waals surface area contributed by atoms with Gasteiger partial charge in [0.25, 0.3) is 5.91 Å². The number of carbonyl (C=O) groups excluding carboxylic acids is 2. The Hall–Kier alpha value is -3.31. The van der Waals surface area contributed by atoms with Gasteiger partial charge in [0.2, 0.25) is 5.91 Å². The lowest BCUT2D eigenvalue weighted by Crippen LogP contribution is -2.25. The van der Waals surface area contributed by atoms with Crippen LogP contribution in [0.15, 0.2) is 66.7 Å². The second-order valence-electron chi connectivity index (χ2n) is 7.11. The first-order valence-corrected chi connectivity index (χ1v) is 10.1. The number of halogens is 1. The first-order valence-electron chi connectivity index (χ1n) is 9.70. The number of hydrogen-bond acceptors (Lipinski definition) is 3. The number of anilines is 2. The molecule has 1 N–H and O–H groups in total. The minimum absolute atomic E-state index is 0.0223. The maximum absolute atomic E-state index is 12.3. The van der Waals surface area contributed by atoms with Crippen molar-refractivity contribution in [1.29, 1.82) is 0 Å². The molecule has 3 aromatic rings. The monoisotopic (exact) mass is 420 g/mol. The zero-order valence-electron chi connectivity index (χ0n) is 16.5. The van der Waals surface area contributed by atoms with E-state index < -0.39 is 0 Å². The van der Waals surface area contributed by atoms with E-state index in [9.17, 15) is 9.59 Å². The first kappa shape index (κ1) is 20.0. The molecule has 152 valence electrons. The second-order valence-corrected chi connectivity index (χ2v) is 7.52. The van der Waals surface area contributed by atoms with E-state index in [0.29, 0.717) is 23.0 Å². The largest absolute Gasteiger partial charge is 0.482 e. The van der Waals surface area contributed by atoms with Crippen molar-refractivity contribution in [3.05, 3.63) is 77.3 Å². The van der Waals surface area contributed by atoms with Gasteiger partial charge in [-0.2, -0.15) is 0 Å². The Morgan fingerprint density at radius 1 is 1.03 bits per heavy atom. The Bertz CT molecular complexity index is 1100. The van der Waals surface area contributed by atoms with Crippen LogP contribution in [0, 0.1) is 0 Å². The average molecular weight is 421 g/mol. The quantitative estimate of drug-likeness (QED) is 0.636. The van der Waals surface area contributed by atoms with Gasteiger partial charge >= 0.3 is 0 Å². The van der Waals surface area contributed by atoms with Crippen molar-refractivity contribution in [3.63, 3.8) is 0 Å². The molecule has 0 radical (unpaired) electrons. The van der Waals surface area contributed by atoms with Crippen molar-refractivity contribution < 1.29 is 14.3 Å². The van der Waals surface area contributed by atoms with E-state index >= 15 is 0 Å². The van der Waals surface area contributed by atoms with Crippen LogP contribution in [-0.2, 0) is 16.0 Å². The first-order chi connectivity index (χ1) is 14.5. The van der Waals surface area contributed by atoms with Gasteiger partial charge in [0, 0.05) is 24.8 Å². The Kier molecular flexibility index (Phi) is 5.72.